The smallest absolute Gasteiger partial charge is 0.349 e. The first-order valence-corrected chi connectivity index (χ1v) is 8.62. The van der Waals surface area contributed by atoms with Gasteiger partial charge in [0.15, 0.2) is 11.5 Å². The standard InChI is InChI=1S/C18H21N5O4/c1-10-8-11-13(9-12(10)22(2)3)23(7-5-4-6-14(24)25)16-15(19-11)17(26)21-18(27)20-16/h8-9H,4-7H2,1-3H3,(H,24,25)(H,21,26,27). The average Bonchev–Trinajstić information content (AvgIpc) is 2.57. The Morgan fingerprint density at radius 2 is 1.96 bits per heavy atom. The molecule has 9 nitrogen and oxygen atoms in total. The van der Waals surface area contributed by atoms with Crippen molar-refractivity contribution in [2.24, 2.45) is 0 Å². The quantitative estimate of drug-likeness (QED) is 0.493. The van der Waals surface area contributed by atoms with Crippen molar-refractivity contribution in [1.29, 1.82) is 0 Å². The van der Waals surface area contributed by atoms with Gasteiger partial charge in [-0.2, -0.15) is 4.98 Å². The minimum Gasteiger partial charge on any atom is -0.481 e. The summed E-state index contributed by atoms with van der Waals surface area (Å²) in [6, 6.07) is 3.84. The Bertz CT molecular complexity index is 1100. The van der Waals surface area contributed by atoms with Crippen molar-refractivity contribution in [3.63, 3.8) is 0 Å². The number of fused-ring (bicyclic) bond motifs is 2. The number of aromatic nitrogens is 4. The fourth-order valence-corrected chi connectivity index (χ4v) is 3.19. The molecule has 0 atom stereocenters. The Labute approximate surface area is 154 Å². The molecule has 0 amide bonds. The van der Waals surface area contributed by atoms with Gasteiger partial charge >= 0.3 is 11.7 Å². The summed E-state index contributed by atoms with van der Waals surface area (Å²) < 4.78 is 1.78. The summed E-state index contributed by atoms with van der Waals surface area (Å²) in [6.07, 6.45) is 1.11. The summed E-state index contributed by atoms with van der Waals surface area (Å²) in [5.74, 6) is -0.647. The molecule has 27 heavy (non-hydrogen) atoms. The minimum atomic E-state index is -0.855. The van der Waals surface area contributed by atoms with Crippen molar-refractivity contribution >= 4 is 22.7 Å². The first-order chi connectivity index (χ1) is 12.8. The normalized spacial score (nSPS) is 11.2. The molecule has 3 rings (SSSR count). The molecule has 1 aromatic rings. The summed E-state index contributed by atoms with van der Waals surface area (Å²) in [4.78, 5) is 47.2. The van der Waals surface area contributed by atoms with E-state index in [-0.39, 0.29) is 17.9 Å². The van der Waals surface area contributed by atoms with E-state index in [0.717, 1.165) is 16.8 Å². The predicted octanol–water partition coefficient (Wildman–Crippen LogP) is 1.21. The van der Waals surface area contributed by atoms with E-state index >= 15 is 0 Å². The number of nitrogens with zero attached hydrogens (tertiary/aromatic N) is 4. The van der Waals surface area contributed by atoms with E-state index in [9.17, 15) is 14.4 Å². The molecule has 2 aliphatic heterocycles. The van der Waals surface area contributed by atoms with Crippen molar-refractivity contribution in [1.82, 2.24) is 19.5 Å². The monoisotopic (exact) mass is 371 g/mol. The van der Waals surface area contributed by atoms with Gasteiger partial charge in [-0.25, -0.2) is 9.78 Å². The maximum Gasteiger partial charge on any atom is 0.349 e. The number of carboxylic acids is 1. The first-order valence-electron chi connectivity index (χ1n) is 8.62. The van der Waals surface area contributed by atoms with Gasteiger partial charge in [0, 0.05) is 32.7 Å². The fourth-order valence-electron chi connectivity index (χ4n) is 3.19. The third-order valence-electron chi connectivity index (χ3n) is 4.43. The van der Waals surface area contributed by atoms with E-state index in [1.165, 1.54) is 0 Å². The fraction of sp³-hybridized carbons (Fsp3) is 0.389. The van der Waals surface area contributed by atoms with Crippen LogP contribution in [0.2, 0.25) is 0 Å². The van der Waals surface area contributed by atoms with Crippen LogP contribution < -0.4 is 16.1 Å². The number of aromatic amines is 1. The van der Waals surface area contributed by atoms with Crippen LogP contribution in [0.15, 0.2) is 21.7 Å². The lowest BCUT2D eigenvalue weighted by Crippen LogP contribution is -2.29. The number of benzene rings is 1. The molecule has 0 spiro atoms. The Balaban J connectivity index is 2.24. The van der Waals surface area contributed by atoms with Gasteiger partial charge in [-0.05, 0) is 37.5 Å². The number of carboxylic acid groups (broad SMARTS) is 1. The largest absolute Gasteiger partial charge is 0.481 e. The van der Waals surface area contributed by atoms with Crippen molar-refractivity contribution < 1.29 is 9.90 Å². The van der Waals surface area contributed by atoms with Crippen LogP contribution in [-0.2, 0) is 11.3 Å². The Morgan fingerprint density at radius 1 is 1.22 bits per heavy atom. The second kappa shape index (κ2) is 7.18. The van der Waals surface area contributed by atoms with Gasteiger partial charge in [0.2, 0.25) is 0 Å². The SMILES string of the molecule is Cc1cc2nc3c(=O)[nH]c(=O)nc-3n(CCCCC(=O)O)c2cc1N(C)C. The number of aliphatic carboxylic acids is 1. The lowest BCUT2D eigenvalue weighted by molar-refractivity contribution is -0.137. The van der Waals surface area contributed by atoms with E-state index in [2.05, 4.69) is 15.0 Å². The molecule has 0 radical (unpaired) electrons. The van der Waals surface area contributed by atoms with Crippen LogP contribution in [0, 0.1) is 6.92 Å². The van der Waals surface area contributed by atoms with Crippen LogP contribution in [0.25, 0.3) is 22.6 Å². The number of unbranched alkanes of at least 4 members (excludes halogenated alkanes) is 1. The van der Waals surface area contributed by atoms with E-state index in [1.54, 1.807) is 4.57 Å². The molecule has 2 heterocycles. The molecule has 0 fully saturated rings. The van der Waals surface area contributed by atoms with E-state index in [4.69, 9.17) is 5.11 Å². The molecule has 0 saturated carbocycles. The number of hydrogen-bond acceptors (Lipinski definition) is 6. The number of H-pyrrole nitrogens is 1. The van der Waals surface area contributed by atoms with Gasteiger partial charge in [0.25, 0.3) is 5.56 Å². The highest BCUT2D eigenvalue weighted by Gasteiger charge is 2.19. The highest BCUT2D eigenvalue weighted by atomic mass is 16.4. The van der Waals surface area contributed by atoms with Gasteiger partial charge in [-0.15, -0.1) is 0 Å². The average molecular weight is 371 g/mol. The van der Waals surface area contributed by atoms with E-state index in [0.29, 0.717) is 24.9 Å². The number of carbonyl (C=O) groups is 1. The Hall–Kier alpha value is -3.23. The predicted molar refractivity (Wildman–Crippen MR) is 102 cm³/mol. The summed E-state index contributed by atoms with van der Waals surface area (Å²) in [5.41, 5.74) is 2.13. The molecule has 0 aromatic heterocycles. The third kappa shape index (κ3) is 3.67. The molecule has 0 bridgehead atoms. The summed E-state index contributed by atoms with van der Waals surface area (Å²) >= 11 is 0. The molecule has 0 aliphatic carbocycles. The second-order valence-corrected chi connectivity index (χ2v) is 6.68. The second-order valence-electron chi connectivity index (χ2n) is 6.68. The molecule has 0 unspecified atom stereocenters. The molecule has 0 saturated heterocycles. The molecular formula is C18H21N5O4. The van der Waals surface area contributed by atoms with Gasteiger partial charge in [-0.1, -0.05) is 0 Å². The van der Waals surface area contributed by atoms with Crippen LogP contribution in [-0.4, -0.2) is 44.7 Å². The third-order valence-corrected chi connectivity index (χ3v) is 4.43. The number of hydrogen-bond donors (Lipinski definition) is 2. The summed E-state index contributed by atoms with van der Waals surface area (Å²) in [5, 5.41) is 8.83. The van der Waals surface area contributed by atoms with Gasteiger partial charge in [-0.3, -0.25) is 14.6 Å². The van der Waals surface area contributed by atoms with Crippen molar-refractivity contribution in [2.75, 3.05) is 19.0 Å². The lowest BCUT2D eigenvalue weighted by Gasteiger charge is -2.21. The number of rotatable bonds is 6. The van der Waals surface area contributed by atoms with Gasteiger partial charge < -0.3 is 14.6 Å². The summed E-state index contributed by atoms with van der Waals surface area (Å²) in [7, 11) is 3.86. The van der Waals surface area contributed by atoms with Crippen molar-refractivity contribution in [2.45, 2.75) is 32.7 Å². The zero-order valence-corrected chi connectivity index (χ0v) is 15.4. The maximum atomic E-state index is 12.2. The van der Waals surface area contributed by atoms with Crippen LogP contribution in [0.3, 0.4) is 0 Å². The van der Waals surface area contributed by atoms with Crippen LogP contribution in [0.5, 0.6) is 0 Å². The van der Waals surface area contributed by atoms with Gasteiger partial charge in [0.1, 0.15) is 0 Å². The van der Waals surface area contributed by atoms with E-state index < -0.39 is 17.2 Å². The number of aryl methyl sites for hydroxylation is 2. The molecule has 2 N–H and O–H groups in total. The summed E-state index contributed by atoms with van der Waals surface area (Å²) in [6.45, 7) is 2.38. The highest BCUT2D eigenvalue weighted by Crippen LogP contribution is 2.28. The first kappa shape index (κ1) is 18.6. The number of nitrogens with one attached hydrogen (secondary N) is 1. The zero-order chi connectivity index (χ0) is 19.7. The van der Waals surface area contributed by atoms with Gasteiger partial charge in [0.05, 0.1) is 11.0 Å². The Kier molecular flexibility index (Phi) is 4.93. The highest BCUT2D eigenvalue weighted by molar-refractivity contribution is 5.84. The minimum absolute atomic E-state index is 0.0599. The van der Waals surface area contributed by atoms with Crippen LogP contribution >= 0.6 is 0 Å². The molecule has 2 aliphatic rings. The Morgan fingerprint density at radius 3 is 2.63 bits per heavy atom. The molecule has 9 heteroatoms. The van der Waals surface area contributed by atoms with Crippen molar-refractivity contribution in [3.05, 3.63) is 38.5 Å². The van der Waals surface area contributed by atoms with E-state index in [1.807, 2.05) is 38.1 Å². The lowest BCUT2D eigenvalue weighted by atomic mass is 10.1. The number of anilines is 1. The molecular weight excluding hydrogens is 350 g/mol. The zero-order valence-electron chi connectivity index (χ0n) is 15.4. The maximum absolute atomic E-state index is 12.2. The molecule has 1 aromatic carbocycles. The molecule has 142 valence electrons. The van der Waals surface area contributed by atoms with Crippen LogP contribution in [0.4, 0.5) is 5.69 Å². The van der Waals surface area contributed by atoms with Crippen LogP contribution in [0.1, 0.15) is 24.8 Å². The topological polar surface area (TPSA) is 121 Å². The van der Waals surface area contributed by atoms with Crippen molar-refractivity contribution in [3.8, 4) is 11.5 Å².